The Hall–Kier alpha value is -4.84. The molecule has 294 valence electrons. The lowest BCUT2D eigenvalue weighted by Gasteiger charge is -2.30. The van der Waals surface area contributed by atoms with Crippen LogP contribution in [-0.4, -0.2) is 114 Å². The van der Waals surface area contributed by atoms with E-state index in [1.807, 2.05) is 6.08 Å². The molecule has 3 heterocycles. The van der Waals surface area contributed by atoms with Gasteiger partial charge in [0, 0.05) is 26.4 Å². The number of carbonyl (C=O) groups is 5. The fourth-order valence-electron chi connectivity index (χ4n) is 6.47. The summed E-state index contributed by atoms with van der Waals surface area (Å²) in [7, 11) is -1.67. The molecule has 54 heavy (non-hydrogen) atoms. The molecule has 1 saturated heterocycles. The van der Waals surface area contributed by atoms with Gasteiger partial charge in [-0.15, -0.1) is 0 Å². The molecule has 0 radical (unpaired) electrons. The smallest absolute Gasteiger partial charge is 0.408 e. The van der Waals surface area contributed by atoms with Gasteiger partial charge in [-0.2, -0.15) is 12.7 Å². The minimum atomic E-state index is -4.20. The molecule has 5 rings (SSSR count). The van der Waals surface area contributed by atoms with Crippen molar-refractivity contribution in [3.63, 3.8) is 0 Å². The fraction of sp³-hybridized carbons (Fsp3) is 0.583. The van der Waals surface area contributed by atoms with Crippen LogP contribution in [0.25, 0.3) is 11.0 Å². The summed E-state index contributed by atoms with van der Waals surface area (Å²) in [4.78, 5) is 78.6. The van der Waals surface area contributed by atoms with E-state index in [0.29, 0.717) is 30.3 Å². The zero-order valence-corrected chi connectivity index (χ0v) is 32.2. The van der Waals surface area contributed by atoms with Gasteiger partial charge in [0.1, 0.15) is 29.3 Å². The lowest BCUT2D eigenvalue weighted by Crippen LogP contribution is -2.58. The van der Waals surface area contributed by atoms with Crippen LogP contribution in [0.3, 0.4) is 0 Å². The van der Waals surface area contributed by atoms with Crippen LogP contribution in [0.4, 0.5) is 4.79 Å². The molecule has 1 aliphatic carbocycles. The van der Waals surface area contributed by atoms with Crippen molar-refractivity contribution in [3.8, 4) is 5.88 Å². The van der Waals surface area contributed by atoms with Crippen molar-refractivity contribution in [1.29, 1.82) is 0 Å². The maximum absolute atomic E-state index is 14.5. The molecule has 3 N–H and O–H groups in total. The molecule has 1 aromatic carbocycles. The molecule has 18 heteroatoms. The number of esters is 1. The van der Waals surface area contributed by atoms with E-state index in [4.69, 9.17) is 14.2 Å². The topological polar surface area (TPSA) is 216 Å². The Morgan fingerprint density at radius 2 is 1.78 bits per heavy atom. The van der Waals surface area contributed by atoms with Crippen molar-refractivity contribution in [1.82, 2.24) is 34.5 Å². The summed E-state index contributed by atoms with van der Waals surface area (Å²) in [6.07, 6.45) is 4.91. The second kappa shape index (κ2) is 16.3. The highest BCUT2D eigenvalue weighted by atomic mass is 32.2. The summed E-state index contributed by atoms with van der Waals surface area (Å²) in [5.74, 6) is -3.68. The van der Waals surface area contributed by atoms with E-state index in [0.717, 1.165) is 10.7 Å². The number of amides is 4. The Bertz CT molecular complexity index is 1910. The Balaban J connectivity index is 1.51. The highest BCUT2D eigenvalue weighted by Crippen LogP contribution is 2.46. The summed E-state index contributed by atoms with van der Waals surface area (Å²) in [6, 6.07) is 4.53. The second-order valence-electron chi connectivity index (χ2n) is 14.8. The van der Waals surface area contributed by atoms with Gasteiger partial charge in [-0.3, -0.25) is 14.4 Å². The van der Waals surface area contributed by atoms with Gasteiger partial charge in [-0.25, -0.2) is 24.3 Å². The van der Waals surface area contributed by atoms with Gasteiger partial charge in [-0.05, 0) is 65.5 Å². The standard InChI is InChI=1S/C36H49N7O10S/c1-7-51-32(46)28-30(38-25-17-14-13-16-24(25)37-28)52-23-19-27-29(44)40-36(33(47)41-54(49,50)42(5)6)20-22(36)15-11-9-8-10-12-18-26(31(45)43(27)21-23)39-34(48)53-35(2,3)4/h11,13-17,22-23,26-27H,7-10,12,18-21H2,1-6H3,(H,39,48)(H,40,44)(H,41,47)/b15-11-/t22-,23?,26+,27+,36-/m1/s1. The first-order chi connectivity index (χ1) is 25.4. The van der Waals surface area contributed by atoms with Gasteiger partial charge >= 0.3 is 22.3 Å². The molecule has 2 aliphatic heterocycles. The van der Waals surface area contributed by atoms with Gasteiger partial charge in [0.25, 0.3) is 5.91 Å². The zero-order chi connectivity index (χ0) is 39.4. The van der Waals surface area contributed by atoms with Crippen LogP contribution in [0.2, 0.25) is 0 Å². The van der Waals surface area contributed by atoms with Crippen LogP contribution < -0.4 is 20.1 Å². The van der Waals surface area contributed by atoms with Gasteiger partial charge < -0.3 is 29.7 Å². The molecule has 2 fully saturated rings. The van der Waals surface area contributed by atoms with Crippen LogP contribution in [0.15, 0.2) is 36.4 Å². The van der Waals surface area contributed by atoms with Crippen LogP contribution >= 0.6 is 0 Å². The summed E-state index contributed by atoms with van der Waals surface area (Å²) < 4.78 is 45.2. The van der Waals surface area contributed by atoms with E-state index in [1.54, 1.807) is 58.0 Å². The van der Waals surface area contributed by atoms with Crippen molar-refractivity contribution >= 4 is 51.0 Å². The van der Waals surface area contributed by atoms with Crippen molar-refractivity contribution in [2.45, 2.75) is 102 Å². The number of para-hydroxylation sites is 2. The van der Waals surface area contributed by atoms with Crippen LogP contribution in [0.1, 0.15) is 83.1 Å². The SMILES string of the molecule is CCOC(=O)c1nc2ccccc2nc1OC1C[C@H]2C(=O)N[C@]3(C(=O)NS(=O)(=O)N(C)C)C[C@H]3/C=C\CCCCC[C@H](NC(=O)OC(C)(C)C)C(=O)N2C1. The number of fused-ring (bicyclic) bond motifs is 3. The highest BCUT2D eigenvalue weighted by Gasteiger charge is 2.61. The molecule has 17 nitrogen and oxygen atoms in total. The first-order valence-corrected chi connectivity index (χ1v) is 19.5. The number of aromatic nitrogens is 2. The Labute approximate surface area is 314 Å². The van der Waals surface area contributed by atoms with Gasteiger partial charge in [0.05, 0.1) is 24.2 Å². The number of nitrogens with zero attached hydrogens (tertiary/aromatic N) is 4. The molecular formula is C36H49N7O10S. The Morgan fingerprint density at radius 3 is 2.44 bits per heavy atom. The number of nitrogens with one attached hydrogen (secondary N) is 3. The number of ether oxygens (including phenoxy) is 3. The predicted molar refractivity (Wildman–Crippen MR) is 195 cm³/mol. The monoisotopic (exact) mass is 771 g/mol. The first-order valence-electron chi connectivity index (χ1n) is 18.1. The lowest BCUT2D eigenvalue weighted by molar-refractivity contribution is -0.141. The normalized spacial score (nSPS) is 25.6. The average Bonchev–Trinajstić information content (AvgIpc) is 3.62. The molecule has 3 aliphatic rings. The predicted octanol–water partition coefficient (Wildman–Crippen LogP) is 2.37. The molecule has 0 spiro atoms. The average molecular weight is 772 g/mol. The molecular weight excluding hydrogens is 723 g/mol. The van der Waals surface area contributed by atoms with E-state index in [-0.39, 0.29) is 44.0 Å². The maximum atomic E-state index is 14.5. The summed E-state index contributed by atoms with van der Waals surface area (Å²) in [5.41, 5.74) is -1.80. The number of carbonyl (C=O) groups excluding carboxylic acids is 5. The lowest BCUT2D eigenvalue weighted by atomic mass is 10.0. The van der Waals surface area contributed by atoms with Crippen LogP contribution in [0.5, 0.6) is 5.88 Å². The number of rotatable bonds is 8. The minimum absolute atomic E-state index is 0.0636. The Morgan fingerprint density at radius 1 is 1.07 bits per heavy atom. The second-order valence-corrected chi connectivity index (χ2v) is 16.7. The van der Waals surface area contributed by atoms with Crippen LogP contribution in [-0.2, 0) is 34.1 Å². The number of alkyl carbamates (subject to hydrolysis) is 1. The van der Waals surface area contributed by atoms with E-state index >= 15 is 0 Å². The van der Waals surface area contributed by atoms with Crippen molar-refractivity contribution in [2.75, 3.05) is 27.2 Å². The molecule has 1 saturated carbocycles. The zero-order valence-electron chi connectivity index (χ0n) is 31.4. The van der Waals surface area contributed by atoms with E-state index in [1.165, 1.54) is 19.0 Å². The van der Waals surface area contributed by atoms with E-state index in [2.05, 4.69) is 25.3 Å². The third-order valence-corrected chi connectivity index (χ3v) is 10.7. The maximum Gasteiger partial charge on any atom is 0.408 e. The third kappa shape index (κ3) is 9.44. The number of hydrogen-bond donors (Lipinski definition) is 3. The van der Waals surface area contributed by atoms with Crippen molar-refractivity contribution in [3.05, 3.63) is 42.1 Å². The highest BCUT2D eigenvalue weighted by molar-refractivity contribution is 7.87. The van der Waals surface area contributed by atoms with E-state index in [9.17, 15) is 32.4 Å². The first kappa shape index (κ1) is 40.3. The molecule has 5 atom stereocenters. The molecule has 1 aromatic heterocycles. The minimum Gasteiger partial charge on any atom is -0.471 e. The van der Waals surface area contributed by atoms with E-state index < -0.39 is 75.2 Å². The number of benzene rings is 1. The third-order valence-electron chi connectivity index (χ3n) is 9.32. The number of allylic oxidation sites excluding steroid dienone is 1. The summed E-state index contributed by atoms with van der Waals surface area (Å²) >= 11 is 0. The quantitative estimate of drug-likeness (QED) is 0.261. The van der Waals surface area contributed by atoms with Gasteiger partial charge in [-0.1, -0.05) is 37.1 Å². The van der Waals surface area contributed by atoms with Gasteiger partial charge in [0.2, 0.25) is 23.4 Å². The van der Waals surface area contributed by atoms with Gasteiger partial charge in [0.15, 0.2) is 0 Å². The fourth-order valence-corrected chi connectivity index (χ4v) is 7.07. The summed E-state index contributed by atoms with van der Waals surface area (Å²) in [6.45, 7) is 6.63. The Kier molecular flexibility index (Phi) is 12.1. The summed E-state index contributed by atoms with van der Waals surface area (Å²) in [5, 5.41) is 5.47. The number of hydrogen-bond acceptors (Lipinski definition) is 12. The molecule has 1 unspecified atom stereocenters. The molecule has 4 amide bonds. The van der Waals surface area contributed by atoms with Crippen molar-refractivity contribution in [2.24, 2.45) is 5.92 Å². The van der Waals surface area contributed by atoms with Crippen LogP contribution in [0, 0.1) is 5.92 Å². The molecule has 2 aromatic rings. The van der Waals surface area contributed by atoms with Crippen molar-refractivity contribution < 1.29 is 46.6 Å². The molecule has 0 bridgehead atoms. The largest absolute Gasteiger partial charge is 0.471 e.